The van der Waals surface area contributed by atoms with Crippen LogP contribution in [-0.4, -0.2) is 29.6 Å². The minimum atomic E-state index is -1.02. The quantitative estimate of drug-likeness (QED) is 0.204. The molecule has 174 valence electrons. The predicted octanol–water partition coefficient (Wildman–Crippen LogP) is 7.02. The van der Waals surface area contributed by atoms with Crippen molar-refractivity contribution in [3.63, 3.8) is 0 Å². The van der Waals surface area contributed by atoms with Gasteiger partial charge in [0.25, 0.3) is 0 Å². The molecule has 34 heavy (non-hydrogen) atoms. The Balaban J connectivity index is 1.84. The summed E-state index contributed by atoms with van der Waals surface area (Å²) < 4.78 is 12.6. The lowest BCUT2D eigenvalue weighted by atomic mass is 9.96. The number of carboxylic acids is 1. The number of carboxylic acid groups (broad SMARTS) is 1. The van der Waals surface area contributed by atoms with Crippen molar-refractivity contribution in [3.8, 4) is 11.5 Å². The van der Waals surface area contributed by atoms with Crippen LogP contribution in [0.2, 0.25) is 0 Å². The molecule has 0 saturated heterocycles. The van der Waals surface area contributed by atoms with Gasteiger partial charge in [0.2, 0.25) is 0 Å². The molecule has 0 aliphatic rings. The van der Waals surface area contributed by atoms with Gasteiger partial charge >= 0.3 is 5.97 Å². The highest BCUT2D eigenvalue weighted by Crippen LogP contribution is 2.41. The van der Waals surface area contributed by atoms with E-state index in [9.17, 15) is 9.90 Å². The van der Waals surface area contributed by atoms with Crippen LogP contribution in [-0.2, 0) is 17.6 Å². The zero-order valence-electron chi connectivity index (χ0n) is 18.5. The van der Waals surface area contributed by atoms with Gasteiger partial charge in [0, 0.05) is 29.1 Å². The molecular formula is C28H24Br2O4. The zero-order valence-corrected chi connectivity index (χ0v) is 21.6. The lowest BCUT2D eigenvalue weighted by Gasteiger charge is -2.18. The van der Waals surface area contributed by atoms with Gasteiger partial charge < -0.3 is 14.6 Å². The van der Waals surface area contributed by atoms with Crippen molar-refractivity contribution >= 4 is 48.6 Å². The van der Waals surface area contributed by atoms with E-state index in [1.807, 2.05) is 42.5 Å². The minimum Gasteiger partial charge on any atom is -0.492 e. The Labute approximate surface area is 215 Å². The van der Waals surface area contributed by atoms with Crippen LogP contribution in [0.5, 0.6) is 11.5 Å². The molecule has 4 nitrogen and oxygen atoms in total. The number of halogens is 2. The second-order valence-corrected chi connectivity index (χ2v) is 9.49. The van der Waals surface area contributed by atoms with E-state index in [4.69, 9.17) is 9.47 Å². The topological polar surface area (TPSA) is 55.8 Å². The first-order chi connectivity index (χ1) is 16.5. The molecule has 1 N–H and O–H groups in total. The standard InChI is InChI=1S/C28H24Br2O4/c29-11-12-33-25-17-24-21(15-22(25)13-19-7-3-1-4-8-19)16-23(14-20-9-5-2-6-10-20)28(27(24)30)34-18-26(31)32/h1-10,15-17H,11-14,18H2,(H,31,32). The molecule has 4 aromatic carbocycles. The van der Waals surface area contributed by atoms with Crippen LogP contribution < -0.4 is 9.47 Å². The van der Waals surface area contributed by atoms with Crippen molar-refractivity contribution in [1.82, 2.24) is 0 Å². The van der Waals surface area contributed by atoms with Crippen LogP contribution in [0.1, 0.15) is 22.3 Å². The molecule has 0 spiro atoms. The summed E-state index contributed by atoms with van der Waals surface area (Å²) in [6.45, 7) is 0.129. The fourth-order valence-electron chi connectivity index (χ4n) is 3.94. The zero-order chi connectivity index (χ0) is 23.9. The first kappa shape index (κ1) is 24.3. The molecular weight excluding hydrogens is 560 g/mol. The van der Waals surface area contributed by atoms with E-state index in [1.54, 1.807) is 0 Å². The Hall–Kier alpha value is -2.83. The van der Waals surface area contributed by atoms with Crippen molar-refractivity contribution in [1.29, 1.82) is 0 Å². The fraction of sp³-hybridized carbons (Fsp3) is 0.179. The van der Waals surface area contributed by atoms with Crippen LogP contribution in [0.15, 0.2) is 83.3 Å². The summed E-state index contributed by atoms with van der Waals surface area (Å²) in [6.07, 6.45) is 1.37. The monoisotopic (exact) mass is 582 g/mol. The molecule has 0 bridgehead atoms. The van der Waals surface area contributed by atoms with Crippen LogP contribution in [0.25, 0.3) is 10.8 Å². The molecule has 0 aromatic heterocycles. The number of alkyl halides is 1. The van der Waals surface area contributed by atoms with Gasteiger partial charge in [0.1, 0.15) is 11.5 Å². The van der Waals surface area contributed by atoms with Gasteiger partial charge in [-0.15, -0.1) is 0 Å². The Morgan fingerprint density at radius 3 is 2.00 bits per heavy atom. The van der Waals surface area contributed by atoms with Crippen LogP contribution in [0, 0.1) is 0 Å². The highest BCUT2D eigenvalue weighted by Gasteiger charge is 2.18. The Morgan fingerprint density at radius 1 is 0.824 bits per heavy atom. The van der Waals surface area contributed by atoms with Gasteiger partial charge in [-0.05, 0) is 56.2 Å². The molecule has 0 amide bonds. The SMILES string of the molecule is O=C(O)COc1c(Cc2ccccc2)cc2cc(Cc3ccccc3)c(OCCBr)cc2c1Br. The van der Waals surface area contributed by atoms with E-state index in [0.29, 0.717) is 18.8 Å². The van der Waals surface area contributed by atoms with Gasteiger partial charge in [0.05, 0.1) is 11.1 Å². The van der Waals surface area contributed by atoms with Gasteiger partial charge in [-0.25, -0.2) is 4.79 Å². The maximum Gasteiger partial charge on any atom is 0.341 e. The Bertz CT molecular complexity index is 1270. The van der Waals surface area contributed by atoms with Gasteiger partial charge in [-0.2, -0.15) is 0 Å². The third-order valence-corrected chi connectivity index (χ3v) is 6.55. The number of aliphatic carboxylic acids is 1. The van der Waals surface area contributed by atoms with E-state index < -0.39 is 12.6 Å². The van der Waals surface area contributed by atoms with Crippen molar-refractivity contribution in [2.75, 3.05) is 18.5 Å². The number of ether oxygens (including phenoxy) is 2. The third-order valence-electron chi connectivity index (χ3n) is 5.44. The summed E-state index contributed by atoms with van der Waals surface area (Å²) in [6, 6.07) is 26.6. The summed E-state index contributed by atoms with van der Waals surface area (Å²) in [5.41, 5.74) is 4.34. The molecule has 4 rings (SSSR count). The Morgan fingerprint density at radius 2 is 1.41 bits per heavy atom. The number of hydrogen-bond donors (Lipinski definition) is 1. The summed E-state index contributed by atoms with van der Waals surface area (Å²) in [4.78, 5) is 11.2. The molecule has 0 aliphatic carbocycles. The number of fused-ring (bicyclic) bond motifs is 1. The molecule has 0 heterocycles. The second kappa shape index (κ2) is 11.5. The minimum absolute atomic E-state index is 0.412. The first-order valence-electron chi connectivity index (χ1n) is 10.9. The summed E-state index contributed by atoms with van der Waals surface area (Å²) >= 11 is 7.15. The van der Waals surface area contributed by atoms with E-state index in [-0.39, 0.29) is 0 Å². The number of benzene rings is 4. The maximum absolute atomic E-state index is 11.2. The van der Waals surface area contributed by atoms with Gasteiger partial charge in [-0.1, -0.05) is 76.6 Å². The largest absolute Gasteiger partial charge is 0.492 e. The van der Waals surface area contributed by atoms with Crippen LogP contribution in [0.4, 0.5) is 0 Å². The molecule has 0 atom stereocenters. The lowest BCUT2D eigenvalue weighted by Crippen LogP contribution is -2.11. The number of rotatable bonds is 10. The lowest BCUT2D eigenvalue weighted by molar-refractivity contribution is -0.139. The van der Waals surface area contributed by atoms with Crippen molar-refractivity contribution in [3.05, 3.63) is 106 Å². The normalized spacial score (nSPS) is 10.9. The molecule has 4 aromatic rings. The molecule has 0 aliphatic heterocycles. The molecule has 0 unspecified atom stereocenters. The van der Waals surface area contributed by atoms with Crippen molar-refractivity contribution in [2.24, 2.45) is 0 Å². The number of carbonyl (C=O) groups is 1. The van der Waals surface area contributed by atoms with Crippen molar-refractivity contribution in [2.45, 2.75) is 12.8 Å². The van der Waals surface area contributed by atoms with E-state index in [0.717, 1.165) is 49.4 Å². The first-order valence-corrected chi connectivity index (χ1v) is 12.9. The molecule has 0 saturated carbocycles. The second-order valence-electron chi connectivity index (χ2n) is 7.90. The van der Waals surface area contributed by atoms with Crippen LogP contribution in [0.3, 0.4) is 0 Å². The number of hydrogen-bond acceptors (Lipinski definition) is 3. The van der Waals surface area contributed by atoms with Crippen LogP contribution >= 0.6 is 31.9 Å². The highest BCUT2D eigenvalue weighted by atomic mass is 79.9. The fourth-order valence-corrected chi connectivity index (χ4v) is 4.82. The maximum atomic E-state index is 11.2. The van der Waals surface area contributed by atoms with Crippen molar-refractivity contribution < 1.29 is 19.4 Å². The van der Waals surface area contributed by atoms with E-state index in [1.165, 1.54) is 5.56 Å². The van der Waals surface area contributed by atoms with Gasteiger partial charge in [0.15, 0.2) is 6.61 Å². The molecule has 6 heteroatoms. The molecule has 0 radical (unpaired) electrons. The summed E-state index contributed by atoms with van der Waals surface area (Å²) in [5, 5.41) is 11.9. The smallest absolute Gasteiger partial charge is 0.341 e. The summed E-state index contributed by atoms with van der Waals surface area (Å²) in [7, 11) is 0. The van der Waals surface area contributed by atoms with E-state index >= 15 is 0 Å². The van der Waals surface area contributed by atoms with E-state index in [2.05, 4.69) is 68.3 Å². The molecule has 0 fully saturated rings. The average molecular weight is 584 g/mol. The van der Waals surface area contributed by atoms with Gasteiger partial charge in [-0.3, -0.25) is 0 Å². The average Bonchev–Trinajstić information content (AvgIpc) is 2.84. The predicted molar refractivity (Wildman–Crippen MR) is 143 cm³/mol. The summed E-state index contributed by atoms with van der Waals surface area (Å²) in [5.74, 6) is 0.328. The Kier molecular flexibility index (Phi) is 8.25. The third kappa shape index (κ3) is 5.99. The highest BCUT2D eigenvalue weighted by molar-refractivity contribution is 9.10.